The van der Waals surface area contributed by atoms with Crippen LogP contribution in [0.1, 0.15) is 85.4 Å². The topological polar surface area (TPSA) is 68.0 Å². The number of carboxylic acid groups (broad SMARTS) is 1. The van der Waals surface area contributed by atoms with Crippen molar-refractivity contribution in [3.8, 4) is 11.1 Å². The molecule has 1 heterocycles. The Hall–Kier alpha value is -2.95. The second kappa shape index (κ2) is 9.90. The fraction of sp³-hybridized carbons (Fsp3) is 0.423. The zero-order valence-electron chi connectivity index (χ0n) is 18.3. The van der Waals surface area contributed by atoms with Gasteiger partial charge in [-0.2, -0.15) is 5.10 Å². The van der Waals surface area contributed by atoms with E-state index in [2.05, 4.69) is 23.7 Å². The van der Waals surface area contributed by atoms with Crippen molar-refractivity contribution >= 4 is 5.97 Å². The van der Waals surface area contributed by atoms with Gasteiger partial charge >= 0.3 is 5.97 Å². The van der Waals surface area contributed by atoms with E-state index in [1.807, 2.05) is 24.3 Å². The van der Waals surface area contributed by atoms with Crippen molar-refractivity contribution < 1.29 is 9.90 Å². The van der Waals surface area contributed by atoms with Gasteiger partial charge in [-0.15, -0.1) is 0 Å². The summed E-state index contributed by atoms with van der Waals surface area (Å²) in [5.74, 6) is 1.66. The van der Waals surface area contributed by atoms with Crippen LogP contribution in [0.2, 0.25) is 0 Å². The SMILES string of the molecule is CCCCn1nc(C2CCCCC2)nc1Cc1ccc(-c2ccccc2C(=O)O)cc1. The molecule has 1 fully saturated rings. The minimum absolute atomic E-state index is 0.326. The summed E-state index contributed by atoms with van der Waals surface area (Å²) in [7, 11) is 0. The maximum atomic E-state index is 11.5. The van der Waals surface area contributed by atoms with E-state index in [0.717, 1.165) is 54.1 Å². The number of unbranched alkanes of at least 4 members (excludes halogenated alkanes) is 1. The lowest BCUT2D eigenvalue weighted by Gasteiger charge is -2.18. The first kappa shape index (κ1) is 21.3. The summed E-state index contributed by atoms with van der Waals surface area (Å²) in [6.07, 6.45) is 9.28. The monoisotopic (exact) mass is 417 g/mol. The minimum atomic E-state index is -0.904. The summed E-state index contributed by atoms with van der Waals surface area (Å²) in [5, 5.41) is 14.4. The zero-order valence-corrected chi connectivity index (χ0v) is 18.3. The average Bonchev–Trinajstić information content (AvgIpc) is 3.21. The molecule has 0 radical (unpaired) electrons. The Morgan fingerprint density at radius 3 is 2.52 bits per heavy atom. The molecule has 162 valence electrons. The lowest BCUT2D eigenvalue weighted by Crippen LogP contribution is -2.08. The van der Waals surface area contributed by atoms with E-state index >= 15 is 0 Å². The van der Waals surface area contributed by atoms with E-state index in [0.29, 0.717) is 11.5 Å². The number of hydrogen-bond acceptors (Lipinski definition) is 3. The van der Waals surface area contributed by atoms with Crippen molar-refractivity contribution in [2.45, 2.75) is 70.8 Å². The standard InChI is InChI=1S/C26H31N3O2/c1-2-3-17-29-24(27-25(28-29)21-9-5-4-6-10-21)18-19-13-15-20(16-14-19)22-11-7-8-12-23(22)26(30)31/h7-8,11-16,21H,2-6,9-10,17-18H2,1H3,(H,30,31). The van der Waals surface area contributed by atoms with Gasteiger partial charge in [0.05, 0.1) is 5.56 Å². The molecule has 0 amide bonds. The highest BCUT2D eigenvalue weighted by molar-refractivity contribution is 5.95. The van der Waals surface area contributed by atoms with Gasteiger partial charge in [0.15, 0.2) is 5.82 Å². The third kappa shape index (κ3) is 5.04. The molecule has 0 bridgehead atoms. The fourth-order valence-corrected chi connectivity index (χ4v) is 4.45. The van der Waals surface area contributed by atoms with Crippen molar-refractivity contribution in [2.24, 2.45) is 0 Å². The first-order valence-corrected chi connectivity index (χ1v) is 11.5. The average molecular weight is 418 g/mol. The van der Waals surface area contributed by atoms with Crippen molar-refractivity contribution in [3.63, 3.8) is 0 Å². The van der Waals surface area contributed by atoms with Crippen LogP contribution >= 0.6 is 0 Å². The number of benzene rings is 2. The summed E-state index contributed by atoms with van der Waals surface area (Å²) in [6.45, 7) is 3.11. The molecule has 0 saturated heterocycles. The smallest absolute Gasteiger partial charge is 0.336 e. The second-order valence-corrected chi connectivity index (χ2v) is 8.52. The molecule has 2 aromatic carbocycles. The number of rotatable bonds is 8. The Kier molecular flexibility index (Phi) is 6.80. The molecule has 1 aliphatic carbocycles. The molecule has 5 heteroatoms. The van der Waals surface area contributed by atoms with E-state index in [9.17, 15) is 9.90 Å². The molecule has 1 saturated carbocycles. The molecule has 0 aliphatic heterocycles. The van der Waals surface area contributed by atoms with E-state index in [1.165, 1.54) is 32.1 Å². The van der Waals surface area contributed by atoms with Gasteiger partial charge in [0.1, 0.15) is 5.82 Å². The van der Waals surface area contributed by atoms with Crippen LogP contribution in [0.5, 0.6) is 0 Å². The molecule has 1 aromatic heterocycles. The van der Waals surface area contributed by atoms with Gasteiger partial charge in [-0.05, 0) is 42.0 Å². The lowest BCUT2D eigenvalue weighted by atomic mass is 9.89. The largest absolute Gasteiger partial charge is 0.478 e. The quantitative estimate of drug-likeness (QED) is 0.482. The van der Waals surface area contributed by atoms with Crippen LogP contribution in [0, 0.1) is 0 Å². The fourth-order valence-electron chi connectivity index (χ4n) is 4.45. The number of carboxylic acids is 1. The number of carbonyl (C=O) groups is 1. The van der Waals surface area contributed by atoms with Crippen LogP contribution in [-0.4, -0.2) is 25.8 Å². The van der Waals surface area contributed by atoms with E-state index in [4.69, 9.17) is 10.1 Å². The Balaban J connectivity index is 1.56. The third-order valence-electron chi connectivity index (χ3n) is 6.24. The van der Waals surface area contributed by atoms with Crippen molar-refractivity contribution in [1.82, 2.24) is 14.8 Å². The zero-order chi connectivity index (χ0) is 21.6. The van der Waals surface area contributed by atoms with Gasteiger partial charge in [-0.25, -0.2) is 14.5 Å². The predicted molar refractivity (Wildman–Crippen MR) is 122 cm³/mol. The summed E-state index contributed by atoms with van der Waals surface area (Å²) in [4.78, 5) is 16.5. The van der Waals surface area contributed by atoms with Crippen LogP contribution in [0.4, 0.5) is 0 Å². The van der Waals surface area contributed by atoms with Gasteiger partial charge in [-0.3, -0.25) is 0 Å². The molecular weight excluding hydrogens is 386 g/mol. The Labute approximate surface area is 184 Å². The summed E-state index contributed by atoms with van der Waals surface area (Å²) >= 11 is 0. The number of aromatic nitrogens is 3. The highest BCUT2D eigenvalue weighted by Gasteiger charge is 2.21. The molecular formula is C26H31N3O2. The normalized spacial score (nSPS) is 14.6. The molecule has 31 heavy (non-hydrogen) atoms. The summed E-state index contributed by atoms with van der Waals surface area (Å²) in [6, 6.07) is 15.3. The molecule has 4 rings (SSSR count). The third-order valence-corrected chi connectivity index (χ3v) is 6.24. The number of nitrogens with zero attached hydrogens (tertiary/aromatic N) is 3. The predicted octanol–water partition coefficient (Wildman–Crippen LogP) is 6.08. The van der Waals surface area contributed by atoms with Gasteiger partial charge < -0.3 is 5.11 Å². The number of aromatic carboxylic acids is 1. The highest BCUT2D eigenvalue weighted by atomic mass is 16.4. The second-order valence-electron chi connectivity index (χ2n) is 8.52. The highest BCUT2D eigenvalue weighted by Crippen LogP contribution is 2.31. The molecule has 1 N–H and O–H groups in total. The lowest BCUT2D eigenvalue weighted by molar-refractivity contribution is 0.0697. The molecule has 0 spiro atoms. The first-order valence-electron chi connectivity index (χ1n) is 11.5. The van der Waals surface area contributed by atoms with E-state index < -0.39 is 5.97 Å². The maximum absolute atomic E-state index is 11.5. The molecule has 3 aromatic rings. The number of hydrogen-bond donors (Lipinski definition) is 1. The van der Waals surface area contributed by atoms with Gasteiger partial charge in [0.2, 0.25) is 0 Å². The molecule has 5 nitrogen and oxygen atoms in total. The van der Waals surface area contributed by atoms with Gasteiger partial charge in [0, 0.05) is 18.9 Å². The van der Waals surface area contributed by atoms with E-state index in [-0.39, 0.29) is 0 Å². The molecule has 0 unspecified atom stereocenters. The van der Waals surface area contributed by atoms with Crippen molar-refractivity contribution in [2.75, 3.05) is 0 Å². The Bertz CT molecular complexity index is 1020. The minimum Gasteiger partial charge on any atom is -0.478 e. The summed E-state index contributed by atoms with van der Waals surface area (Å²) in [5.41, 5.74) is 3.15. The Morgan fingerprint density at radius 1 is 1.06 bits per heavy atom. The van der Waals surface area contributed by atoms with Gasteiger partial charge in [0.25, 0.3) is 0 Å². The number of aryl methyl sites for hydroxylation is 1. The Morgan fingerprint density at radius 2 is 1.81 bits per heavy atom. The van der Waals surface area contributed by atoms with Crippen LogP contribution in [-0.2, 0) is 13.0 Å². The molecule has 0 atom stereocenters. The van der Waals surface area contributed by atoms with E-state index in [1.54, 1.807) is 12.1 Å². The van der Waals surface area contributed by atoms with Crippen molar-refractivity contribution in [3.05, 3.63) is 71.3 Å². The molecule has 1 aliphatic rings. The van der Waals surface area contributed by atoms with Crippen LogP contribution in [0.3, 0.4) is 0 Å². The van der Waals surface area contributed by atoms with Crippen LogP contribution < -0.4 is 0 Å². The maximum Gasteiger partial charge on any atom is 0.336 e. The first-order chi connectivity index (χ1) is 15.2. The van der Waals surface area contributed by atoms with Crippen LogP contribution in [0.25, 0.3) is 11.1 Å². The van der Waals surface area contributed by atoms with Gasteiger partial charge in [-0.1, -0.05) is 75.1 Å². The summed E-state index contributed by atoms with van der Waals surface area (Å²) < 4.78 is 2.11. The van der Waals surface area contributed by atoms with Crippen LogP contribution in [0.15, 0.2) is 48.5 Å². The van der Waals surface area contributed by atoms with Crippen molar-refractivity contribution in [1.29, 1.82) is 0 Å².